The average Bonchev–Trinajstić information content (AvgIpc) is 2.70. The third kappa shape index (κ3) is 5.06. The predicted octanol–water partition coefficient (Wildman–Crippen LogP) is 3.35. The molecule has 26 heavy (non-hydrogen) atoms. The van der Waals surface area contributed by atoms with Crippen molar-refractivity contribution in [2.45, 2.75) is 38.2 Å². The summed E-state index contributed by atoms with van der Waals surface area (Å²) in [6, 6.07) is 15.7. The zero-order valence-electron chi connectivity index (χ0n) is 14.8. The first kappa shape index (κ1) is 17.9. The maximum Gasteiger partial charge on any atom is 0.222 e. The van der Waals surface area contributed by atoms with Gasteiger partial charge in [0.1, 0.15) is 12.2 Å². The van der Waals surface area contributed by atoms with Gasteiger partial charge in [-0.05, 0) is 24.5 Å². The number of ether oxygens (including phenoxy) is 1. The minimum atomic E-state index is 0.0730. The Balaban J connectivity index is 1.38. The largest absolute Gasteiger partial charge is 0.474 e. The van der Waals surface area contributed by atoms with E-state index in [2.05, 4.69) is 17.1 Å². The van der Waals surface area contributed by atoms with E-state index in [1.807, 2.05) is 29.2 Å². The minimum absolute atomic E-state index is 0.0730. The van der Waals surface area contributed by atoms with Crippen molar-refractivity contribution < 1.29 is 9.53 Å². The monoisotopic (exact) mass is 349 g/mol. The number of hydrogen-bond acceptors (Lipinski definition) is 4. The van der Waals surface area contributed by atoms with Crippen molar-refractivity contribution in [1.29, 1.82) is 5.26 Å². The minimum Gasteiger partial charge on any atom is -0.474 e. The molecule has 134 valence electrons. The van der Waals surface area contributed by atoms with Gasteiger partial charge >= 0.3 is 0 Å². The molecule has 3 rings (SSSR count). The van der Waals surface area contributed by atoms with E-state index < -0.39 is 0 Å². The van der Waals surface area contributed by atoms with Gasteiger partial charge in [-0.1, -0.05) is 30.3 Å². The molecule has 5 nitrogen and oxygen atoms in total. The molecule has 1 amide bonds. The first-order chi connectivity index (χ1) is 12.7. The molecule has 1 fully saturated rings. The molecule has 0 radical (unpaired) electrons. The standard InChI is InChI=1S/C21H23N3O2/c22-15-18-9-10-20(23-16-18)26-19-11-13-24(14-12-19)21(25)8-4-7-17-5-2-1-3-6-17/h1-3,5-6,9-10,16,19H,4,7-8,11-14H2. The Morgan fingerprint density at radius 2 is 1.96 bits per heavy atom. The van der Waals surface area contributed by atoms with Crippen LogP contribution in [-0.4, -0.2) is 35.0 Å². The second kappa shape index (κ2) is 9.00. The number of carbonyl (C=O) groups excluding carboxylic acids is 1. The molecule has 1 aliphatic rings. The number of nitriles is 1. The summed E-state index contributed by atoms with van der Waals surface area (Å²) >= 11 is 0. The van der Waals surface area contributed by atoms with Crippen LogP contribution in [0.3, 0.4) is 0 Å². The summed E-state index contributed by atoms with van der Waals surface area (Å²) in [5, 5.41) is 8.79. The zero-order chi connectivity index (χ0) is 18.2. The van der Waals surface area contributed by atoms with Crippen LogP contribution in [0.4, 0.5) is 0 Å². The van der Waals surface area contributed by atoms with Gasteiger partial charge < -0.3 is 9.64 Å². The van der Waals surface area contributed by atoms with Crippen LogP contribution in [0.25, 0.3) is 0 Å². The molecule has 1 aromatic carbocycles. The number of aryl methyl sites for hydroxylation is 1. The molecule has 0 unspecified atom stereocenters. The fourth-order valence-corrected chi connectivity index (χ4v) is 3.16. The second-order valence-electron chi connectivity index (χ2n) is 6.53. The smallest absolute Gasteiger partial charge is 0.222 e. The van der Waals surface area contributed by atoms with Crippen molar-refractivity contribution in [2.75, 3.05) is 13.1 Å². The lowest BCUT2D eigenvalue weighted by Crippen LogP contribution is -2.41. The first-order valence-electron chi connectivity index (χ1n) is 9.09. The summed E-state index contributed by atoms with van der Waals surface area (Å²) in [6.07, 6.45) is 5.63. The highest BCUT2D eigenvalue weighted by molar-refractivity contribution is 5.76. The fraction of sp³-hybridized carbons (Fsp3) is 0.381. The highest BCUT2D eigenvalue weighted by atomic mass is 16.5. The summed E-state index contributed by atoms with van der Waals surface area (Å²) in [5.74, 6) is 0.771. The SMILES string of the molecule is N#Cc1ccc(OC2CCN(C(=O)CCCc3ccccc3)CC2)nc1. The quantitative estimate of drug-likeness (QED) is 0.802. The number of nitrogens with zero attached hydrogens (tertiary/aromatic N) is 3. The highest BCUT2D eigenvalue weighted by Crippen LogP contribution is 2.18. The van der Waals surface area contributed by atoms with E-state index in [-0.39, 0.29) is 12.0 Å². The second-order valence-corrected chi connectivity index (χ2v) is 6.53. The Morgan fingerprint density at radius 3 is 2.62 bits per heavy atom. The Hall–Kier alpha value is -2.87. The van der Waals surface area contributed by atoms with E-state index in [9.17, 15) is 4.79 Å². The van der Waals surface area contributed by atoms with Gasteiger partial charge in [0.25, 0.3) is 0 Å². The van der Waals surface area contributed by atoms with Gasteiger partial charge in [0.15, 0.2) is 0 Å². The topological polar surface area (TPSA) is 66.2 Å². The number of likely N-dealkylation sites (tertiary alicyclic amines) is 1. The zero-order valence-corrected chi connectivity index (χ0v) is 14.8. The normalized spacial score (nSPS) is 14.7. The van der Waals surface area contributed by atoms with E-state index in [0.29, 0.717) is 17.9 Å². The number of piperidine rings is 1. The number of carbonyl (C=O) groups is 1. The molecule has 0 aliphatic carbocycles. The molecular weight excluding hydrogens is 326 g/mol. The number of amides is 1. The molecule has 5 heteroatoms. The van der Waals surface area contributed by atoms with E-state index in [0.717, 1.165) is 38.8 Å². The Bertz CT molecular complexity index is 745. The van der Waals surface area contributed by atoms with Crippen LogP contribution in [0.15, 0.2) is 48.7 Å². The summed E-state index contributed by atoms with van der Waals surface area (Å²) in [6.45, 7) is 1.45. The molecule has 0 N–H and O–H groups in total. The molecule has 0 atom stereocenters. The molecule has 0 spiro atoms. The molecule has 0 saturated carbocycles. The number of hydrogen-bond donors (Lipinski definition) is 0. The number of pyridine rings is 1. The molecule has 1 aromatic heterocycles. The van der Waals surface area contributed by atoms with Gasteiger partial charge in [-0.2, -0.15) is 5.26 Å². The lowest BCUT2D eigenvalue weighted by molar-refractivity contribution is -0.133. The first-order valence-corrected chi connectivity index (χ1v) is 9.09. The number of benzene rings is 1. The Labute approximate surface area is 154 Å². The maximum absolute atomic E-state index is 12.4. The van der Waals surface area contributed by atoms with Crippen LogP contribution in [0, 0.1) is 11.3 Å². The molecule has 0 bridgehead atoms. The summed E-state index contributed by atoms with van der Waals surface area (Å²) in [7, 11) is 0. The van der Waals surface area contributed by atoms with Crippen LogP contribution in [-0.2, 0) is 11.2 Å². The molecule has 1 aliphatic heterocycles. The van der Waals surface area contributed by atoms with Crippen LogP contribution >= 0.6 is 0 Å². The van der Waals surface area contributed by atoms with Crippen LogP contribution < -0.4 is 4.74 Å². The van der Waals surface area contributed by atoms with E-state index >= 15 is 0 Å². The molecular formula is C21H23N3O2. The number of rotatable bonds is 6. The van der Waals surface area contributed by atoms with Crippen molar-refractivity contribution in [3.8, 4) is 11.9 Å². The van der Waals surface area contributed by atoms with E-state index in [1.165, 1.54) is 11.8 Å². The lowest BCUT2D eigenvalue weighted by atomic mass is 10.1. The van der Waals surface area contributed by atoms with E-state index in [4.69, 9.17) is 10.00 Å². The lowest BCUT2D eigenvalue weighted by Gasteiger charge is -2.32. The summed E-state index contributed by atoms with van der Waals surface area (Å²) < 4.78 is 5.86. The number of aromatic nitrogens is 1. The van der Waals surface area contributed by atoms with Gasteiger partial charge in [0, 0.05) is 44.6 Å². The highest BCUT2D eigenvalue weighted by Gasteiger charge is 2.23. The predicted molar refractivity (Wildman–Crippen MR) is 98.6 cm³/mol. The van der Waals surface area contributed by atoms with Gasteiger partial charge in [0.05, 0.1) is 5.56 Å². The Morgan fingerprint density at radius 1 is 1.19 bits per heavy atom. The van der Waals surface area contributed by atoms with Crippen LogP contribution in [0.5, 0.6) is 5.88 Å². The Kier molecular flexibility index (Phi) is 6.21. The summed E-state index contributed by atoms with van der Waals surface area (Å²) in [5.41, 5.74) is 1.80. The van der Waals surface area contributed by atoms with Gasteiger partial charge in [0.2, 0.25) is 11.8 Å². The van der Waals surface area contributed by atoms with Gasteiger partial charge in [-0.15, -0.1) is 0 Å². The van der Waals surface area contributed by atoms with Gasteiger partial charge in [-0.25, -0.2) is 4.98 Å². The maximum atomic E-state index is 12.4. The van der Waals surface area contributed by atoms with Crippen LogP contribution in [0.1, 0.15) is 36.8 Å². The fourth-order valence-electron chi connectivity index (χ4n) is 3.16. The van der Waals surface area contributed by atoms with Crippen molar-refractivity contribution in [3.63, 3.8) is 0 Å². The molecule has 1 saturated heterocycles. The third-order valence-electron chi connectivity index (χ3n) is 4.65. The van der Waals surface area contributed by atoms with Crippen molar-refractivity contribution in [1.82, 2.24) is 9.88 Å². The third-order valence-corrected chi connectivity index (χ3v) is 4.65. The molecule has 2 aromatic rings. The van der Waals surface area contributed by atoms with Crippen molar-refractivity contribution >= 4 is 5.91 Å². The van der Waals surface area contributed by atoms with Crippen LogP contribution in [0.2, 0.25) is 0 Å². The van der Waals surface area contributed by atoms with Crippen molar-refractivity contribution in [3.05, 3.63) is 59.8 Å². The average molecular weight is 349 g/mol. The van der Waals surface area contributed by atoms with E-state index in [1.54, 1.807) is 12.1 Å². The van der Waals surface area contributed by atoms with Gasteiger partial charge in [-0.3, -0.25) is 4.79 Å². The molecule has 2 heterocycles. The summed E-state index contributed by atoms with van der Waals surface area (Å²) in [4.78, 5) is 18.4. The van der Waals surface area contributed by atoms with Crippen molar-refractivity contribution in [2.24, 2.45) is 0 Å².